The number of hydrogen-bond donors (Lipinski definition) is 2. The minimum Gasteiger partial charge on any atom is -0.476 e. The minimum absolute atomic E-state index is 0.0308. The van der Waals surface area contributed by atoms with E-state index in [0.717, 1.165) is 11.8 Å². The first-order valence-electron chi connectivity index (χ1n) is 7.63. The Morgan fingerprint density at radius 2 is 2.24 bits per heavy atom. The maximum absolute atomic E-state index is 11.9. The number of carboxylic acid groups (broad SMARTS) is 1. The number of imidazole rings is 1. The number of aromatic carboxylic acids is 1. The molecule has 3 unspecified atom stereocenters. The lowest BCUT2D eigenvalue weighted by Crippen LogP contribution is -2.29. The molecule has 6 heteroatoms. The maximum Gasteiger partial charge on any atom is 0.356 e. The number of hydrogen-bond acceptors (Lipinski definition) is 3. The molecule has 21 heavy (non-hydrogen) atoms. The average molecular weight is 291 g/mol. The predicted molar refractivity (Wildman–Crippen MR) is 75.8 cm³/mol. The number of amides is 1. The first kappa shape index (κ1) is 14.1. The van der Waals surface area contributed by atoms with Crippen LogP contribution in [-0.4, -0.2) is 33.1 Å². The molecule has 0 spiro atoms. The molecule has 114 valence electrons. The van der Waals surface area contributed by atoms with Gasteiger partial charge in [-0.25, -0.2) is 9.78 Å². The highest BCUT2D eigenvalue weighted by molar-refractivity contribution is 5.84. The van der Waals surface area contributed by atoms with Crippen molar-refractivity contribution in [2.45, 2.75) is 38.6 Å². The molecule has 1 aromatic rings. The SMILES string of the molecule is O=C(CC1CC2CCC1C2)NCCn1cnc(C(=O)O)c1. The van der Waals surface area contributed by atoms with Gasteiger partial charge in [-0.1, -0.05) is 6.42 Å². The van der Waals surface area contributed by atoms with E-state index in [4.69, 9.17) is 5.11 Å². The van der Waals surface area contributed by atoms with Gasteiger partial charge in [-0.15, -0.1) is 0 Å². The second-order valence-electron chi connectivity index (χ2n) is 6.29. The Labute approximate surface area is 123 Å². The zero-order chi connectivity index (χ0) is 14.8. The van der Waals surface area contributed by atoms with Crippen LogP contribution in [0, 0.1) is 17.8 Å². The number of rotatable bonds is 6. The van der Waals surface area contributed by atoms with E-state index in [9.17, 15) is 9.59 Å². The van der Waals surface area contributed by atoms with Gasteiger partial charge >= 0.3 is 5.97 Å². The second-order valence-corrected chi connectivity index (χ2v) is 6.29. The first-order chi connectivity index (χ1) is 10.1. The second kappa shape index (κ2) is 5.87. The summed E-state index contributed by atoms with van der Waals surface area (Å²) in [5.41, 5.74) is 0.0308. The molecule has 2 fully saturated rings. The number of carboxylic acids is 1. The van der Waals surface area contributed by atoms with Crippen molar-refractivity contribution in [3.05, 3.63) is 18.2 Å². The number of nitrogens with zero attached hydrogens (tertiary/aromatic N) is 2. The van der Waals surface area contributed by atoms with Gasteiger partial charge in [0.15, 0.2) is 5.69 Å². The third-order valence-corrected chi connectivity index (χ3v) is 4.88. The van der Waals surface area contributed by atoms with Crippen molar-refractivity contribution in [1.29, 1.82) is 0 Å². The van der Waals surface area contributed by atoms with Crippen molar-refractivity contribution >= 4 is 11.9 Å². The molecule has 0 aromatic carbocycles. The number of carbonyl (C=O) groups excluding carboxylic acids is 1. The molecule has 6 nitrogen and oxygen atoms in total. The van der Waals surface area contributed by atoms with Gasteiger partial charge in [0.1, 0.15) is 0 Å². The van der Waals surface area contributed by atoms with E-state index in [-0.39, 0.29) is 11.6 Å². The largest absolute Gasteiger partial charge is 0.476 e. The average Bonchev–Trinajstić information content (AvgIpc) is 3.13. The van der Waals surface area contributed by atoms with Crippen LogP contribution in [0.1, 0.15) is 42.6 Å². The fourth-order valence-electron chi connectivity index (χ4n) is 3.85. The Kier molecular flexibility index (Phi) is 3.94. The summed E-state index contributed by atoms with van der Waals surface area (Å²) in [5, 5.41) is 11.7. The van der Waals surface area contributed by atoms with Crippen LogP contribution in [0.4, 0.5) is 0 Å². The van der Waals surface area contributed by atoms with Crippen LogP contribution in [-0.2, 0) is 11.3 Å². The van der Waals surface area contributed by atoms with Crippen LogP contribution in [0.15, 0.2) is 12.5 Å². The molecule has 1 aromatic heterocycles. The van der Waals surface area contributed by atoms with E-state index in [1.807, 2.05) is 0 Å². The lowest BCUT2D eigenvalue weighted by Gasteiger charge is -2.20. The maximum atomic E-state index is 11.9. The summed E-state index contributed by atoms with van der Waals surface area (Å²) >= 11 is 0. The number of aromatic nitrogens is 2. The summed E-state index contributed by atoms with van der Waals surface area (Å²) < 4.78 is 1.68. The van der Waals surface area contributed by atoms with E-state index < -0.39 is 5.97 Å². The number of fused-ring (bicyclic) bond motifs is 2. The highest BCUT2D eigenvalue weighted by atomic mass is 16.4. The van der Waals surface area contributed by atoms with E-state index in [0.29, 0.717) is 25.4 Å². The standard InChI is InChI=1S/C15H21N3O3/c19-14(7-12-6-10-1-2-11(12)5-10)16-3-4-18-8-13(15(20)21)17-9-18/h8-12H,1-7H2,(H,16,19)(H,20,21). The van der Waals surface area contributed by atoms with Crippen LogP contribution in [0.25, 0.3) is 0 Å². The fraction of sp³-hybridized carbons (Fsp3) is 0.667. The van der Waals surface area contributed by atoms with Gasteiger partial charge in [-0.2, -0.15) is 0 Å². The molecule has 0 radical (unpaired) electrons. The summed E-state index contributed by atoms with van der Waals surface area (Å²) in [6.45, 7) is 1.05. The molecule has 0 saturated heterocycles. The molecule has 3 atom stereocenters. The Hall–Kier alpha value is -1.85. The molecular formula is C15H21N3O3. The number of nitrogens with one attached hydrogen (secondary N) is 1. The highest BCUT2D eigenvalue weighted by Crippen LogP contribution is 2.49. The molecule has 0 aliphatic heterocycles. The Balaban J connectivity index is 1.38. The van der Waals surface area contributed by atoms with Gasteiger partial charge in [0, 0.05) is 25.7 Å². The fourth-order valence-corrected chi connectivity index (χ4v) is 3.85. The molecule has 3 rings (SSSR count). The van der Waals surface area contributed by atoms with Crippen LogP contribution in [0.5, 0.6) is 0 Å². The van der Waals surface area contributed by atoms with Crippen LogP contribution >= 0.6 is 0 Å². The lowest BCUT2D eigenvalue weighted by molar-refractivity contribution is -0.122. The monoisotopic (exact) mass is 291 g/mol. The summed E-state index contributed by atoms with van der Waals surface area (Å²) in [7, 11) is 0. The van der Waals surface area contributed by atoms with Crippen molar-refractivity contribution in [3.8, 4) is 0 Å². The molecule has 2 bridgehead atoms. The van der Waals surface area contributed by atoms with Crippen molar-refractivity contribution in [2.75, 3.05) is 6.54 Å². The van der Waals surface area contributed by atoms with Gasteiger partial charge in [-0.05, 0) is 37.0 Å². The summed E-state index contributed by atoms with van der Waals surface area (Å²) in [6, 6.07) is 0. The number of carbonyl (C=O) groups is 2. The summed E-state index contributed by atoms with van der Waals surface area (Å²) in [6.07, 6.45) is 8.80. The molecule has 2 N–H and O–H groups in total. The Morgan fingerprint density at radius 3 is 2.86 bits per heavy atom. The molecule has 1 heterocycles. The topological polar surface area (TPSA) is 84.2 Å². The van der Waals surface area contributed by atoms with Crippen molar-refractivity contribution in [2.24, 2.45) is 17.8 Å². The first-order valence-corrected chi connectivity index (χ1v) is 7.63. The summed E-state index contributed by atoms with van der Waals surface area (Å²) in [5.74, 6) is 1.30. The Bertz CT molecular complexity index is 540. The van der Waals surface area contributed by atoms with Crippen molar-refractivity contribution in [1.82, 2.24) is 14.9 Å². The van der Waals surface area contributed by atoms with Crippen molar-refractivity contribution in [3.63, 3.8) is 0 Å². The zero-order valence-corrected chi connectivity index (χ0v) is 12.0. The van der Waals surface area contributed by atoms with Gasteiger partial charge < -0.3 is 15.0 Å². The smallest absolute Gasteiger partial charge is 0.356 e. The van der Waals surface area contributed by atoms with Crippen LogP contribution in [0.2, 0.25) is 0 Å². The van der Waals surface area contributed by atoms with Gasteiger partial charge in [0.2, 0.25) is 5.91 Å². The molecule has 1 amide bonds. The van der Waals surface area contributed by atoms with Crippen LogP contribution in [0.3, 0.4) is 0 Å². The van der Waals surface area contributed by atoms with E-state index >= 15 is 0 Å². The molecular weight excluding hydrogens is 270 g/mol. The van der Waals surface area contributed by atoms with Crippen LogP contribution < -0.4 is 5.32 Å². The zero-order valence-electron chi connectivity index (χ0n) is 12.0. The highest BCUT2D eigenvalue weighted by Gasteiger charge is 2.39. The Morgan fingerprint density at radius 1 is 1.38 bits per heavy atom. The van der Waals surface area contributed by atoms with Gasteiger partial charge in [0.25, 0.3) is 0 Å². The quantitative estimate of drug-likeness (QED) is 0.832. The predicted octanol–water partition coefficient (Wildman–Crippen LogP) is 1.52. The molecule has 2 aliphatic rings. The molecule has 2 aliphatic carbocycles. The lowest BCUT2D eigenvalue weighted by atomic mass is 9.86. The summed E-state index contributed by atoms with van der Waals surface area (Å²) in [4.78, 5) is 26.4. The van der Waals surface area contributed by atoms with Gasteiger partial charge in [0.05, 0.1) is 6.33 Å². The van der Waals surface area contributed by atoms with Gasteiger partial charge in [-0.3, -0.25) is 4.79 Å². The van der Waals surface area contributed by atoms with E-state index in [1.54, 1.807) is 4.57 Å². The third-order valence-electron chi connectivity index (χ3n) is 4.88. The normalized spacial score (nSPS) is 27.0. The van der Waals surface area contributed by atoms with E-state index in [1.165, 1.54) is 38.2 Å². The molecule has 2 saturated carbocycles. The van der Waals surface area contributed by atoms with E-state index in [2.05, 4.69) is 10.3 Å². The third kappa shape index (κ3) is 3.25. The van der Waals surface area contributed by atoms with Crippen molar-refractivity contribution < 1.29 is 14.7 Å². The minimum atomic E-state index is -1.03.